The van der Waals surface area contributed by atoms with Gasteiger partial charge >= 0.3 is 6.09 Å². The van der Waals surface area contributed by atoms with E-state index in [0.29, 0.717) is 5.69 Å². The average Bonchev–Trinajstić information content (AvgIpc) is 2.20. The number of hydrogen-bond donors (Lipinski definition) is 1. The zero-order valence-corrected chi connectivity index (χ0v) is 9.18. The topological polar surface area (TPSA) is 46.5 Å². The number of hydroxylamine groups is 2. The Balaban J connectivity index is 3.28. The summed E-state index contributed by atoms with van der Waals surface area (Å²) < 4.78 is -0.513. The van der Waals surface area contributed by atoms with Gasteiger partial charge < -0.3 is 5.11 Å². The van der Waals surface area contributed by atoms with Crippen LogP contribution in [0.4, 0.5) is 10.5 Å². The molecule has 1 aromatic carbocycles. The first-order valence-electron chi connectivity index (χ1n) is 4.79. The summed E-state index contributed by atoms with van der Waals surface area (Å²) in [6, 6.07) is 8.74. The lowest BCUT2D eigenvalue weighted by Gasteiger charge is -2.31. The molecule has 1 aromatic rings. The van der Waals surface area contributed by atoms with Crippen LogP contribution in [-0.4, -0.2) is 24.4 Å². The lowest BCUT2D eigenvalue weighted by Crippen LogP contribution is -2.57. The van der Waals surface area contributed by atoms with Crippen molar-refractivity contribution in [3.63, 3.8) is 0 Å². The third-order valence-electron chi connectivity index (χ3n) is 2.44. The van der Waals surface area contributed by atoms with Crippen molar-refractivity contribution < 1.29 is 14.7 Å². The van der Waals surface area contributed by atoms with Crippen LogP contribution in [0.15, 0.2) is 30.3 Å². The van der Waals surface area contributed by atoms with E-state index in [1.165, 1.54) is 7.11 Å². The molecule has 0 spiro atoms. The SMILES string of the molecule is CO[N+](C(=O)O)(c1ccccc1)C(C)C. The highest BCUT2D eigenvalue weighted by molar-refractivity contribution is 5.79. The summed E-state index contributed by atoms with van der Waals surface area (Å²) in [7, 11) is 1.40. The maximum absolute atomic E-state index is 11.3. The molecule has 4 heteroatoms. The van der Waals surface area contributed by atoms with E-state index >= 15 is 0 Å². The third-order valence-corrected chi connectivity index (χ3v) is 2.44. The minimum atomic E-state index is -1.02. The van der Waals surface area contributed by atoms with Gasteiger partial charge in [0.15, 0.2) is 5.69 Å². The van der Waals surface area contributed by atoms with Crippen molar-refractivity contribution in [2.24, 2.45) is 0 Å². The van der Waals surface area contributed by atoms with Crippen LogP contribution in [0.3, 0.4) is 0 Å². The highest BCUT2D eigenvalue weighted by Crippen LogP contribution is 2.26. The molecular formula is C11H16NO3+. The van der Waals surface area contributed by atoms with Gasteiger partial charge in [0.2, 0.25) is 0 Å². The predicted molar refractivity (Wildman–Crippen MR) is 58.4 cm³/mol. The van der Waals surface area contributed by atoms with Gasteiger partial charge in [-0.05, 0) is 18.5 Å². The minimum Gasteiger partial charge on any atom is -0.433 e. The Morgan fingerprint density at radius 3 is 2.20 bits per heavy atom. The molecule has 0 aliphatic rings. The Morgan fingerprint density at radius 1 is 1.33 bits per heavy atom. The molecule has 0 aromatic heterocycles. The van der Waals surface area contributed by atoms with Gasteiger partial charge in [-0.3, -0.25) is 0 Å². The van der Waals surface area contributed by atoms with Gasteiger partial charge in [0, 0.05) is 12.1 Å². The van der Waals surface area contributed by atoms with E-state index in [1.54, 1.807) is 24.3 Å². The van der Waals surface area contributed by atoms with Gasteiger partial charge in [-0.1, -0.05) is 18.2 Å². The maximum atomic E-state index is 11.3. The third kappa shape index (κ3) is 1.86. The Kier molecular flexibility index (Phi) is 3.44. The van der Waals surface area contributed by atoms with E-state index in [1.807, 2.05) is 19.9 Å². The molecule has 1 atom stereocenters. The molecule has 0 aliphatic heterocycles. The van der Waals surface area contributed by atoms with Crippen molar-refractivity contribution in [3.05, 3.63) is 30.3 Å². The summed E-state index contributed by atoms with van der Waals surface area (Å²) in [5, 5.41) is 9.29. The van der Waals surface area contributed by atoms with Gasteiger partial charge in [0.1, 0.15) is 6.04 Å². The van der Waals surface area contributed by atoms with Crippen molar-refractivity contribution in [1.29, 1.82) is 0 Å². The Morgan fingerprint density at radius 2 is 1.87 bits per heavy atom. The molecule has 0 heterocycles. The summed E-state index contributed by atoms with van der Waals surface area (Å²) >= 11 is 0. The van der Waals surface area contributed by atoms with Gasteiger partial charge in [-0.25, -0.2) is 0 Å². The highest BCUT2D eigenvalue weighted by atomic mass is 16.7. The Hall–Kier alpha value is -1.39. The number of carboxylic acid groups (broad SMARTS) is 1. The molecule has 0 radical (unpaired) electrons. The van der Waals surface area contributed by atoms with E-state index in [2.05, 4.69) is 0 Å². The van der Waals surface area contributed by atoms with E-state index in [4.69, 9.17) is 4.84 Å². The first-order valence-corrected chi connectivity index (χ1v) is 4.79. The van der Waals surface area contributed by atoms with Gasteiger partial charge in [-0.15, -0.1) is 0 Å². The summed E-state index contributed by atoms with van der Waals surface area (Å²) in [6.45, 7) is 3.62. The number of amides is 1. The molecule has 82 valence electrons. The summed E-state index contributed by atoms with van der Waals surface area (Å²) in [4.78, 5) is 16.5. The molecule has 0 bridgehead atoms. The molecule has 4 nitrogen and oxygen atoms in total. The number of rotatable bonds is 3. The number of carbonyl (C=O) groups is 1. The zero-order chi connectivity index (χ0) is 11.5. The second-order valence-electron chi connectivity index (χ2n) is 3.55. The first kappa shape index (κ1) is 11.7. The molecule has 15 heavy (non-hydrogen) atoms. The molecule has 0 aliphatic carbocycles. The van der Waals surface area contributed by atoms with Gasteiger partial charge in [0.25, 0.3) is 0 Å². The van der Waals surface area contributed by atoms with E-state index in [9.17, 15) is 9.90 Å². The summed E-state index contributed by atoms with van der Waals surface area (Å²) in [6.07, 6.45) is -1.02. The smallest absolute Gasteiger partial charge is 0.433 e. The summed E-state index contributed by atoms with van der Waals surface area (Å²) in [5.41, 5.74) is 0.613. The fourth-order valence-electron chi connectivity index (χ4n) is 1.67. The van der Waals surface area contributed by atoms with Crippen LogP contribution >= 0.6 is 0 Å². The van der Waals surface area contributed by atoms with Crippen LogP contribution in [0.25, 0.3) is 0 Å². The summed E-state index contributed by atoms with van der Waals surface area (Å²) in [5.74, 6) is 0. The van der Waals surface area contributed by atoms with Crippen molar-refractivity contribution in [2.75, 3.05) is 7.11 Å². The molecule has 0 saturated carbocycles. The van der Waals surface area contributed by atoms with E-state index < -0.39 is 10.7 Å². The number of quaternary nitrogens is 1. The fourth-order valence-corrected chi connectivity index (χ4v) is 1.67. The largest absolute Gasteiger partial charge is 0.552 e. The normalized spacial score (nSPS) is 14.9. The van der Waals surface area contributed by atoms with Crippen LogP contribution < -0.4 is 4.65 Å². The standard InChI is InChI=1S/C11H15NO3/c1-9(2)12(15-3,11(13)14)10-7-5-4-6-8-10/h4-9H,1-3H3/p+1. The average molecular weight is 210 g/mol. The monoisotopic (exact) mass is 210 g/mol. The Labute approximate surface area is 89.2 Å². The van der Waals surface area contributed by atoms with Crippen LogP contribution in [0.2, 0.25) is 0 Å². The highest BCUT2D eigenvalue weighted by Gasteiger charge is 2.44. The Bertz CT molecular complexity index is 337. The first-order chi connectivity index (χ1) is 7.05. The molecule has 0 fully saturated rings. The second-order valence-corrected chi connectivity index (χ2v) is 3.55. The van der Waals surface area contributed by atoms with Crippen LogP contribution in [0.5, 0.6) is 0 Å². The number of benzene rings is 1. The number of nitrogens with zero attached hydrogens (tertiary/aromatic N) is 1. The van der Waals surface area contributed by atoms with Gasteiger partial charge in [0.05, 0.1) is 7.11 Å². The van der Waals surface area contributed by atoms with Crippen molar-refractivity contribution in [2.45, 2.75) is 19.9 Å². The van der Waals surface area contributed by atoms with Crippen LogP contribution in [0, 0.1) is 0 Å². The molecule has 1 unspecified atom stereocenters. The lowest BCUT2D eigenvalue weighted by molar-refractivity contribution is -0.113. The second kappa shape index (κ2) is 4.42. The van der Waals surface area contributed by atoms with Crippen molar-refractivity contribution >= 4 is 11.8 Å². The van der Waals surface area contributed by atoms with E-state index in [0.717, 1.165) is 0 Å². The minimum absolute atomic E-state index is 0.199. The molecule has 1 amide bonds. The number of para-hydroxylation sites is 1. The zero-order valence-electron chi connectivity index (χ0n) is 9.18. The van der Waals surface area contributed by atoms with Crippen LogP contribution in [0.1, 0.15) is 13.8 Å². The molecule has 1 rings (SSSR count). The molecular weight excluding hydrogens is 194 g/mol. The molecule has 0 saturated heterocycles. The van der Waals surface area contributed by atoms with Crippen molar-refractivity contribution in [1.82, 2.24) is 4.65 Å². The fraction of sp³-hybridized carbons (Fsp3) is 0.364. The predicted octanol–water partition coefficient (Wildman–Crippen LogP) is 2.64. The van der Waals surface area contributed by atoms with E-state index in [-0.39, 0.29) is 6.04 Å². The number of hydrogen-bond acceptors (Lipinski definition) is 2. The van der Waals surface area contributed by atoms with Gasteiger partial charge in [-0.2, -0.15) is 9.63 Å². The molecule has 1 N–H and O–H groups in total. The van der Waals surface area contributed by atoms with Crippen LogP contribution in [-0.2, 0) is 4.84 Å². The quantitative estimate of drug-likeness (QED) is 0.616. The lowest BCUT2D eigenvalue weighted by atomic mass is 10.2. The maximum Gasteiger partial charge on any atom is 0.552 e. The van der Waals surface area contributed by atoms with Crippen molar-refractivity contribution in [3.8, 4) is 0 Å².